The van der Waals surface area contributed by atoms with Gasteiger partial charge in [0, 0.05) is 18.1 Å². The van der Waals surface area contributed by atoms with E-state index in [4.69, 9.17) is 11.8 Å². The number of hydrogen-bond donors (Lipinski definition) is 0. The SMILES string of the molecule is CCCCCCCC[n+]1cccc(CC)c1.[C-]#N. The Morgan fingerprint density at radius 2 is 1.72 bits per heavy atom. The number of aromatic nitrogens is 1. The quantitative estimate of drug-likeness (QED) is 0.387. The monoisotopic (exact) mass is 246 g/mol. The van der Waals surface area contributed by atoms with Crippen molar-refractivity contribution in [1.82, 2.24) is 0 Å². The van der Waals surface area contributed by atoms with Gasteiger partial charge in [-0.1, -0.05) is 39.5 Å². The minimum Gasteiger partial charge on any atom is -0.512 e. The maximum absolute atomic E-state index is 6.25. The lowest BCUT2D eigenvalue weighted by molar-refractivity contribution is -0.697. The second-order valence-corrected chi connectivity index (χ2v) is 4.57. The minimum atomic E-state index is 1.14. The normalized spacial score (nSPS) is 9.56. The van der Waals surface area contributed by atoms with Crippen LogP contribution in [0.5, 0.6) is 0 Å². The minimum absolute atomic E-state index is 1.14. The number of pyridine rings is 1. The summed E-state index contributed by atoms with van der Waals surface area (Å²) in [5.74, 6) is 0. The van der Waals surface area contributed by atoms with E-state index in [0.29, 0.717) is 0 Å². The van der Waals surface area contributed by atoms with Gasteiger partial charge in [0.05, 0.1) is 0 Å². The predicted octanol–water partition coefficient (Wildman–Crippen LogP) is 3.99. The van der Waals surface area contributed by atoms with Crippen LogP contribution < -0.4 is 4.57 Å². The molecule has 0 radical (unpaired) electrons. The molecule has 0 amide bonds. The fraction of sp³-hybridized carbons (Fsp3) is 0.625. The van der Waals surface area contributed by atoms with Crippen molar-refractivity contribution in [3.05, 3.63) is 36.7 Å². The Kier molecular flexibility index (Phi) is 11.2. The third-order valence-corrected chi connectivity index (χ3v) is 3.10. The molecule has 0 atom stereocenters. The van der Waals surface area contributed by atoms with Gasteiger partial charge in [-0.05, 0) is 18.9 Å². The molecule has 0 N–H and O–H groups in total. The molecule has 1 aromatic rings. The molecule has 0 unspecified atom stereocenters. The summed E-state index contributed by atoms with van der Waals surface area (Å²) in [6.45, 7) is 10.4. The zero-order valence-electron chi connectivity index (χ0n) is 11.9. The zero-order valence-corrected chi connectivity index (χ0v) is 11.9. The van der Waals surface area contributed by atoms with Gasteiger partial charge in [0.2, 0.25) is 0 Å². The lowest BCUT2D eigenvalue weighted by atomic mass is 10.1. The molecular weight excluding hydrogens is 220 g/mol. The number of unbranched alkanes of at least 4 members (excludes halogenated alkanes) is 5. The largest absolute Gasteiger partial charge is 0.512 e. The van der Waals surface area contributed by atoms with Crippen molar-refractivity contribution in [2.45, 2.75) is 65.3 Å². The fourth-order valence-electron chi connectivity index (χ4n) is 2.00. The third-order valence-electron chi connectivity index (χ3n) is 3.10. The van der Waals surface area contributed by atoms with Crippen molar-refractivity contribution in [1.29, 1.82) is 5.26 Å². The van der Waals surface area contributed by atoms with Gasteiger partial charge in [0.1, 0.15) is 6.54 Å². The molecule has 18 heavy (non-hydrogen) atoms. The lowest BCUT2D eigenvalue weighted by Gasteiger charge is -2.00. The Balaban J connectivity index is 0.00000137. The Labute approximate surface area is 112 Å². The first-order chi connectivity index (χ1) is 8.86. The van der Waals surface area contributed by atoms with Gasteiger partial charge in [-0.15, -0.1) is 0 Å². The second kappa shape index (κ2) is 12.1. The van der Waals surface area contributed by atoms with Crippen LogP contribution in [0.25, 0.3) is 0 Å². The maximum atomic E-state index is 6.25. The summed E-state index contributed by atoms with van der Waals surface area (Å²) in [4.78, 5) is 0. The van der Waals surface area contributed by atoms with E-state index >= 15 is 0 Å². The van der Waals surface area contributed by atoms with Crippen LogP contribution in [0, 0.1) is 11.8 Å². The Hall–Kier alpha value is -1.36. The summed E-state index contributed by atoms with van der Waals surface area (Å²) in [6.07, 6.45) is 13.9. The molecule has 100 valence electrons. The zero-order chi connectivity index (χ0) is 13.6. The summed E-state index contributed by atoms with van der Waals surface area (Å²) < 4.78 is 2.33. The Morgan fingerprint density at radius 1 is 1.06 bits per heavy atom. The summed E-state index contributed by atoms with van der Waals surface area (Å²) >= 11 is 0. The highest BCUT2D eigenvalue weighted by atomic mass is 14.9. The summed E-state index contributed by atoms with van der Waals surface area (Å²) in [7, 11) is 0. The van der Waals surface area contributed by atoms with Gasteiger partial charge in [-0.25, -0.2) is 4.57 Å². The van der Waals surface area contributed by atoms with E-state index in [1.807, 2.05) is 0 Å². The molecule has 0 spiro atoms. The van der Waals surface area contributed by atoms with Gasteiger partial charge in [0.25, 0.3) is 0 Å². The lowest BCUT2D eigenvalue weighted by Crippen LogP contribution is -2.33. The standard InChI is InChI=1S/C15H26N.CN/c1-3-5-6-7-8-9-12-16-13-10-11-15(4-2)14-16;1-2/h10-11,13-14H,3-9,12H2,1-2H3;/q+1;-1. The van der Waals surface area contributed by atoms with E-state index in [9.17, 15) is 0 Å². The van der Waals surface area contributed by atoms with Crippen molar-refractivity contribution in [2.75, 3.05) is 0 Å². The van der Waals surface area contributed by atoms with Crippen LogP contribution in [0.3, 0.4) is 0 Å². The number of hydrogen-bond acceptors (Lipinski definition) is 1. The molecule has 0 aliphatic rings. The number of nitrogens with zero attached hydrogens (tertiary/aromatic N) is 2. The smallest absolute Gasteiger partial charge is 0.171 e. The van der Waals surface area contributed by atoms with Gasteiger partial charge in [0.15, 0.2) is 12.4 Å². The van der Waals surface area contributed by atoms with Gasteiger partial charge in [-0.2, -0.15) is 0 Å². The van der Waals surface area contributed by atoms with Gasteiger partial charge < -0.3 is 11.8 Å². The highest BCUT2D eigenvalue weighted by Gasteiger charge is 2.00. The molecule has 0 bridgehead atoms. The van der Waals surface area contributed by atoms with Crippen molar-refractivity contribution in [2.24, 2.45) is 0 Å². The molecular formula is C16H26N2. The molecule has 0 aliphatic heterocycles. The number of aryl methyl sites for hydroxylation is 2. The van der Waals surface area contributed by atoms with E-state index in [2.05, 4.69) is 42.9 Å². The molecule has 0 fully saturated rings. The maximum Gasteiger partial charge on any atom is 0.171 e. The van der Waals surface area contributed by atoms with Crippen LogP contribution in [0.15, 0.2) is 24.5 Å². The molecule has 0 saturated heterocycles. The van der Waals surface area contributed by atoms with Crippen LogP contribution in [0.4, 0.5) is 0 Å². The average molecular weight is 246 g/mol. The topological polar surface area (TPSA) is 27.7 Å². The van der Waals surface area contributed by atoms with Crippen LogP contribution in [0.1, 0.15) is 57.9 Å². The van der Waals surface area contributed by atoms with Crippen molar-refractivity contribution < 1.29 is 4.57 Å². The molecule has 1 heterocycles. The third kappa shape index (κ3) is 7.84. The highest BCUT2D eigenvalue weighted by molar-refractivity contribution is 5.04. The molecule has 0 aliphatic carbocycles. The summed E-state index contributed by atoms with van der Waals surface area (Å²) in [5, 5.41) is 6.25. The fourth-order valence-corrected chi connectivity index (χ4v) is 2.00. The van der Waals surface area contributed by atoms with Crippen molar-refractivity contribution in [3.63, 3.8) is 0 Å². The van der Waals surface area contributed by atoms with E-state index in [0.717, 1.165) is 6.42 Å². The van der Waals surface area contributed by atoms with Gasteiger partial charge >= 0.3 is 0 Å². The Bertz CT molecular complexity index is 318. The van der Waals surface area contributed by atoms with Crippen molar-refractivity contribution >= 4 is 0 Å². The van der Waals surface area contributed by atoms with E-state index in [1.54, 1.807) is 0 Å². The van der Waals surface area contributed by atoms with E-state index < -0.39 is 0 Å². The van der Waals surface area contributed by atoms with Crippen LogP contribution in [0.2, 0.25) is 0 Å². The van der Waals surface area contributed by atoms with Gasteiger partial charge in [-0.3, -0.25) is 0 Å². The highest BCUT2D eigenvalue weighted by Crippen LogP contribution is 2.04. The molecule has 1 rings (SSSR count). The van der Waals surface area contributed by atoms with Crippen LogP contribution >= 0.6 is 0 Å². The first-order valence-electron chi connectivity index (χ1n) is 7.07. The molecule has 2 nitrogen and oxygen atoms in total. The van der Waals surface area contributed by atoms with Crippen molar-refractivity contribution in [3.8, 4) is 0 Å². The molecule has 1 aromatic heterocycles. The number of rotatable bonds is 8. The van der Waals surface area contributed by atoms with Crippen LogP contribution in [-0.4, -0.2) is 0 Å². The van der Waals surface area contributed by atoms with Crippen LogP contribution in [-0.2, 0) is 13.0 Å². The molecule has 0 saturated carbocycles. The van der Waals surface area contributed by atoms with E-state index in [-0.39, 0.29) is 0 Å². The summed E-state index contributed by atoms with van der Waals surface area (Å²) in [6, 6.07) is 4.37. The predicted molar refractivity (Wildman–Crippen MR) is 74.4 cm³/mol. The summed E-state index contributed by atoms with van der Waals surface area (Å²) in [5.41, 5.74) is 1.44. The Morgan fingerprint density at radius 3 is 2.39 bits per heavy atom. The first kappa shape index (κ1) is 16.6. The van der Waals surface area contributed by atoms with E-state index in [1.165, 1.54) is 50.6 Å². The average Bonchev–Trinajstić information content (AvgIpc) is 2.45. The molecule has 0 aromatic carbocycles. The second-order valence-electron chi connectivity index (χ2n) is 4.57. The molecule has 2 heteroatoms. The first-order valence-corrected chi connectivity index (χ1v) is 7.07.